The summed E-state index contributed by atoms with van der Waals surface area (Å²) in [6.07, 6.45) is 4.97. The Morgan fingerprint density at radius 3 is 1.22 bits per heavy atom. The number of hydrogen-bond acceptors (Lipinski definition) is 1. The van der Waals surface area contributed by atoms with Crippen LogP contribution in [-0.2, 0) is 0 Å². The van der Waals surface area contributed by atoms with Crippen LogP contribution in [0.25, 0.3) is 0 Å². The molecule has 0 aromatic rings. The summed E-state index contributed by atoms with van der Waals surface area (Å²) in [7, 11) is 0. The number of allylic oxidation sites excluding steroid dienone is 2. The number of rotatable bonds is 2. The van der Waals surface area contributed by atoms with Crippen molar-refractivity contribution in [3.05, 3.63) is 37.5 Å². The van der Waals surface area contributed by atoms with E-state index >= 15 is 0 Å². The van der Waals surface area contributed by atoms with Crippen LogP contribution in [0.15, 0.2) is 37.5 Å². The Hall–Kier alpha value is -0.820. The third kappa shape index (κ3) is 175. The molecule has 0 aromatic heterocycles. The van der Waals surface area contributed by atoms with Gasteiger partial charge in [0, 0.05) is 6.54 Å². The Morgan fingerprint density at radius 1 is 1.00 bits per heavy atom. The van der Waals surface area contributed by atoms with Gasteiger partial charge in [-0.15, -0.1) is 19.7 Å². The first-order chi connectivity index (χ1) is 8.72. The molecule has 0 aliphatic rings. The van der Waals surface area contributed by atoms with Gasteiger partial charge in [0.25, 0.3) is 0 Å². The van der Waals surface area contributed by atoms with Crippen molar-refractivity contribution in [2.75, 3.05) is 6.54 Å². The topological polar surface area (TPSA) is 26.0 Å². The highest BCUT2D eigenvalue weighted by atomic mass is 14.5. The Morgan fingerprint density at radius 2 is 1.22 bits per heavy atom. The summed E-state index contributed by atoms with van der Waals surface area (Å²) in [5, 5.41) is 0. The summed E-state index contributed by atoms with van der Waals surface area (Å²) < 4.78 is 0. The van der Waals surface area contributed by atoms with Crippen molar-refractivity contribution in [2.45, 2.75) is 68.7 Å². The Labute approximate surface area is 119 Å². The predicted molar refractivity (Wildman–Crippen MR) is 94.3 cm³/mol. The van der Waals surface area contributed by atoms with Gasteiger partial charge in [-0.2, -0.15) is 0 Å². The molecule has 1 heteroatoms. The molecule has 0 atom stereocenters. The van der Waals surface area contributed by atoms with E-state index in [2.05, 4.69) is 26.7 Å². The monoisotopic (exact) mass is 259 g/mol. The second-order valence-electron chi connectivity index (χ2n) is 2.04. The lowest BCUT2D eigenvalue weighted by atomic mass is 10.3. The van der Waals surface area contributed by atoms with Crippen LogP contribution in [0.3, 0.4) is 0 Å². The Balaban J connectivity index is -0.0000000264. The summed E-state index contributed by atoms with van der Waals surface area (Å²) in [4.78, 5) is 0. The van der Waals surface area contributed by atoms with Crippen LogP contribution < -0.4 is 5.73 Å². The lowest BCUT2D eigenvalue weighted by molar-refractivity contribution is 1.13. The molecule has 0 rings (SSSR count). The van der Waals surface area contributed by atoms with E-state index in [0.29, 0.717) is 6.54 Å². The van der Waals surface area contributed by atoms with Crippen molar-refractivity contribution in [1.29, 1.82) is 0 Å². The van der Waals surface area contributed by atoms with Crippen molar-refractivity contribution in [3.63, 3.8) is 0 Å². The molecule has 0 unspecified atom stereocenters. The van der Waals surface area contributed by atoms with Crippen molar-refractivity contribution < 1.29 is 0 Å². The maximum atomic E-state index is 5.21. The molecule has 0 saturated heterocycles. The average Bonchev–Trinajstić information content (AvgIpc) is 2.54. The fourth-order valence-corrected chi connectivity index (χ4v) is 0.118. The third-order valence-corrected chi connectivity index (χ3v) is 1.10. The molecular formula is C17H41N. The number of nitrogens with two attached hydrogens (primary N) is 1. The third-order valence-electron chi connectivity index (χ3n) is 1.10. The van der Waals surface area contributed by atoms with E-state index in [1.165, 1.54) is 5.57 Å². The Kier molecular flexibility index (Phi) is 195. The minimum absolute atomic E-state index is 0.691. The predicted octanol–water partition coefficient (Wildman–Crippen LogP) is 6.37. The standard InChI is InChI=1S/C5H11N.C4H8.3C2H6.C2H4/c1-3-5(2)4-6;1-3-4-2;4*1-2/h3H,4,6H2,1-2H3;3H,1,4H2,2H3;3*1-2H3;1-2H2/b5-3-;;;;;. The normalized spacial score (nSPS) is 6.67. The first kappa shape index (κ1) is 36.0. The van der Waals surface area contributed by atoms with Gasteiger partial charge < -0.3 is 5.73 Å². The zero-order valence-electron chi connectivity index (χ0n) is 14.8. The largest absolute Gasteiger partial charge is 0.327 e. The van der Waals surface area contributed by atoms with Crippen LogP contribution in [0.4, 0.5) is 0 Å². The zero-order valence-corrected chi connectivity index (χ0v) is 14.8. The minimum Gasteiger partial charge on any atom is -0.327 e. The second kappa shape index (κ2) is 97.6. The Bertz CT molecular complexity index is 104. The SMILES string of the molecule is C/C=C(/C)CN.C=C.C=CCC.CC.CC.CC. The molecule has 0 spiro atoms. The van der Waals surface area contributed by atoms with Crippen LogP contribution in [-0.4, -0.2) is 6.54 Å². The molecule has 1 nitrogen and oxygen atoms in total. The second-order valence-corrected chi connectivity index (χ2v) is 2.04. The van der Waals surface area contributed by atoms with Crippen molar-refractivity contribution in [2.24, 2.45) is 5.73 Å². The molecule has 18 heavy (non-hydrogen) atoms. The first-order valence-electron chi connectivity index (χ1n) is 7.15. The average molecular weight is 260 g/mol. The van der Waals surface area contributed by atoms with Gasteiger partial charge in [-0.3, -0.25) is 0 Å². The zero-order chi connectivity index (χ0) is 16.4. The smallest absolute Gasteiger partial charge is 0.0133 e. The molecule has 114 valence electrons. The molecule has 0 fully saturated rings. The van der Waals surface area contributed by atoms with Crippen LogP contribution in [0.1, 0.15) is 68.7 Å². The summed E-state index contributed by atoms with van der Waals surface area (Å²) in [5.41, 5.74) is 6.46. The van der Waals surface area contributed by atoms with Gasteiger partial charge in [0.1, 0.15) is 0 Å². The fourth-order valence-electron chi connectivity index (χ4n) is 0.118. The van der Waals surface area contributed by atoms with Crippen LogP contribution >= 0.6 is 0 Å². The van der Waals surface area contributed by atoms with Crippen LogP contribution in [0.5, 0.6) is 0 Å². The molecule has 0 radical (unpaired) electrons. The minimum atomic E-state index is 0.691. The summed E-state index contributed by atoms with van der Waals surface area (Å²) in [5.74, 6) is 0. The van der Waals surface area contributed by atoms with E-state index in [1.807, 2.05) is 67.5 Å². The van der Waals surface area contributed by atoms with Gasteiger partial charge >= 0.3 is 0 Å². The van der Waals surface area contributed by atoms with E-state index < -0.39 is 0 Å². The molecule has 0 aromatic carbocycles. The fraction of sp³-hybridized carbons (Fsp3) is 0.647. The molecule has 0 aliphatic heterocycles. The summed E-state index contributed by atoms with van der Waals surface area (Å²) >= 11 is 0. The van der Waals surface area contributed by atoms with Crippen LogP contribution in [0, 0.1) is 0 Å². The highest BCUT2D eigenvalue weighted by Gasteiger charge is 1.73. The van der Waals surface area contributed by atoms with E-state index in [1.54, 1.807) is 0 Å². The van der Waals surface area contributed by atoms with Gasteiger partial charge in [-0.25, -0.2) is 0 Å². The summed E-state index contributed by atoms with van der Waals surface area (Å²) in [6, 6.07) is 0. The maximum Gasteiger partial charge on any atom is 0.0133 e. The van der Waals surface area contributed by atoms with E-state index in [0.717, 1.165) is 6.42 Å². The summed E-state index contributed by atoms with van der Waals surface area (Å²) in [6.45, 7) is 28.2. The van der Waals surface area contributed by atoms with E-state index in [9.17, 15) is 0 Å². The van der Waals surface area contributed by atoms with Crippen LogP contribution in [0.2, 0.25) is 0 Å². The van der Waals surface area contributed by atoms with Crippen molar-refractivity contribution in [1.82, 2.24) is 0 Å². The lowest BCUT2D eigenvalue weighted by Crippen LogP contribution is -1.98. The van der Waals surface area contributed by atoms with Gasteiger partial charge in [0.05, 0.1) is 0 Å². The van der Waals surface area contributed by atoms with E-state index in [4.69, 9.17) is 5.73 Å². The molecule has 0 saturated carbocycles. The molecule has 2 N–H and O–H groups in total. The lowest BCUT2D eigenvalue weighted by Gasteiger charge is -1.85. The quantitative estimate of drug-likeness (QED) is 0.572. The van der Waals surface area contributed by atoms with Crippen molar-refractivity contribution >= 4 is 0 Å². The number of hydrogen-bond donors (Lipinski definition) is 1. The van der Waals surface area contributed by atoms with E-state index in [-0.39, 0.29) is 0 Å². The first-order valence-corrected chi connectivity index (χ1v) is 7.15. The molecule has 0 amide bonds. The van der Waals surface area contributed by atoms with Gasteiger partial charge in [-0.1, -0.05) is 66.2 Å². The van der Waals surface area contributed by atoms with Gasteiger partial charge in [0.2, 0.25) is 0 Å². The van der Waals surface area contributed by atoms with Gasteiger partial charge in [-0.05, 0) is 20.3 Å². The molecular weight excluding hydrogens is 218 g/mol. The molecule has 0 bridgehead atoms. The van der Waals surface area contributed by atoms with Gasteiger partial charge in [0.15, 0.2) is 0 Å². The molecule has 0 heterocycles. The highest BCUT2D eigenvalue weighted by molar-refractivity contribution is 4.95. The highest BCUT2D eigenvalue weighted by Crippen LogP contribution is 1.82. The molecule has 0 aliphatic carbocycles. The maximum absolute atomic E-state index is 5.21. The van der Waals surface area contributed by atoms with Crippen molar-refractivity contribution in [3.8, 4) is 0 Å².